The Hall–Kier alpha value is -2.70. The van der Waals surface area contributed by atoms with Crippen molar-refractivity contribution in [1.82, 2.24) is 19.5 Å². The van der Waals surface area contributed by atoms with Crippen molar-refractivity contribution in [2.45, 2.75) is 6.18 Å². The summed E-state index contributed by atoms with van der Waals surface area (Å²) in [6.45, 7) is 0. The van der Waals surface area contributed by atoms with Crippen LogP contribution in [0.15, 0.2) is 55.5 Å². The SMILES string of the molecule is FC(F)(F)c1ccc(-c2ncncc2-n2ccnc2)cc1. The molecule has 4 nitrogen and oxygen atoms in total. The van der Waals surface area contributed by atoms with Gasteiger partial charge in [-0.3, -0.25) is 0 Å². The van der Waals surface area contributed by atoms with Crippen molar-refractivity contribution in [3.63, 3.8) is 0 Å². The Morgan fingerprint density at radius 3 is 2.38 bits per heavy atom. The Morgan fingerprint density at radius 1 is 1.00 bits per heavy atom. The number of imidazole rings is 1. The molecule has 3 rings (SSSR count). The van der Waals surface area contributed by atoms with Crippen molar-refractivity contribution in [2.75, 3.05) is 0 Å². The average molecular weight is 290 g/mol. The fraction of sp³-hybridized carbons (Fsp3) is 0.0714. The minimum atomic E-state index is -4.35. The van der Waals surface area contributed by atoms with Gasteiger partial charge in [0, 0.05) is 18.0 Å². The van der Waals surface area contributed by atoms with E-state index in [2.05, 4.69) is 15.0 Å². The van der Waals surface area contributed by atoms with E-state index in [4.69, 9.17) is 0 Å². The number of aromatic nitrogens is 4. The van der Waals surface area contributed by atoms with Gasteiger partial charge in [-0.2, -0.15) is 13.2 Å². The zero-order chi connectivity index (χ0) is 14.9. The summed E-state index contributed by atoms with van der Waals surface area (Å²) in [5.74, 6) is 0. The highest BCUT2D eigenvalue weighted by molar-refractivity contribution is 5.68. The lowest BCUT2D eigenvalue weighted by Gasteiger charge is -2.10. The molecule has 0 unspecified atom stereocenters. The second-order valence-electron chi connectivity index (χ2n) is 4.30. The quantitative estimate of drug-likeness (QED) is 0.727. The number of benzene rings is 1. The van der Waals surface area contributed by atoms with Crippen molar-refractivity contribution < 1.29 is 13.2 Å². The van der Waals surface area contributed by atoms with Crippen molar-refractivity contribution in [3.8, 4) is 16.9 Å². The smallest absolute Gasteiger partial charge is 0.303 e. The standard InChI is InChI=1S/C14H9F3N4/c15-14(16,17)11-3-1-10(2-4-11)13-12(7-19-8-20-13)21-6-5-18-9-21/h1-9H. The molecule has 0 amide bonds. The Balaban J connectivity index is 2.06. The number of alkyl halides is 3. The van der Waals surface area contributed by atoms with Gasteiger partial charge in [0.05, 0.1) is 29.5 Å². The van der Waals surface area contributed by atoms with Crippen molar-refractivity contribution in [2.24, 2.45) is 0 Å². The Morgan fingerprint density at radius 2 is 1.76 bits per heavy atom. The molecule has 3 aromatic rings. The predicted octanol–water partition coefficient (Wildman–Crippen LogP) is 3.35. The van der Waals surface area contributed by atoms with Crippen LogP contribution in [0.25, 0.3) is 16.9 Å². The highest BCUT2D eigenvalue weighted by atomic mass is 19.4. The molecule has 0 aliphatic rings. The molecule has 0 atom stereocenters. The lowest BCUT2D eigenvalue weighted by molar-refractivity contribution is -0.137. The molecule has 0 saturated heterocycles. The topological polar surface area (TPSA) is 43.6 Å². The fourth-order valence-corrected chi connectivity index (χ4v) is 1.95. The average Bonchev–Trinajstić information content (AvgIpc) is 3.01. The van der Waals surface area contributed by atoms with Crippen LogP contribution >= 0.6 is 0 Å². The Bertz CT molecular complexity index is 734. The lowest BCUT2D eigenvalue weighted by Crippen LogP contribution is -2.04. The van der Waals surface area contributed by atoms with E-state index in [1.165, 1.54) is 18.5 Å². The maximum atomic E-state index is 12.6. The zero-order valence-corrected chi connectivity index (χ0v) is 10.6. The second-order valence-corrected chi connectivity index (χ2v) is 4.30. The summed E-state index contributed by atoms with van der Waals surface area (Å²) in [6.07, 6.45) is 3.48. The van der Waals surface area contributed by atoms with Crippen LogP contribution in [0.1, 0.15) is 5.56 Å². The summed E-state index contributed by atoms with van der Waals surface area (Å²) in [5.41, 5.74) is 1.07. The Labute approximate surface area is 117 Å². The van der Waals surface area contributed by atoms with Crippen molar-refractivity contribution >= 4 is 0 Å². The molecule has 0 bridgehead atoms. The van der Waals surface area contributed by atoms with Gasteiger partial charge in [0.1, 0.15) is 6.33 Å². The van der Waals surface area contributed by atoms with Gasteiger partial charge in [-0.1, -0.05) is 12.1 Å². The third-order valence-electron chi connectivity index (χ3n) is 2.96. The van der Waals surface area contributed by atoms with Crippen LogP contribution < -0.4 is 0 Å². The summed E-state index contributed by atoms with van der Waals surface area (Å²) < 4.78 is 39.5. The predicted molar refractivity (Wildman–Crippen MR) is 69.6 cm³/mol. The van der Waals surface area contributed by atoms with E-state index < -0.39 is 11.7 Å². The first-order valence-corrected chi connectivity index (χ1v) is 6.01. The normalized spacial score (nSPS) is 11.6. The maximum Gasteiger partial charge on any atom is 0.416 e. The maximum absolute atomic E-state index is 12.6. The third-order valence-corrected chi connectivity index (χ3v) is 2.96. The van der Waals surface area contributed by atoms with Gasteiger partial charge >= 0.3 is 6.18 Å². The van der Waals surface area contributed by atoms with Gasteiger partial charge in [0.2, 0.25) is 0 Å². The van der Waals surface area contributed by atoms with E-state index in [-0.39, 0.29) is 0 Å². The molecule has 0 fully saturated rings. The van der Waals surface area contributed by atoms with Crippen LogP contribution in [0.2, 0.25) is 0 Å². The van der Waals surface area contributed by atoms with Crippen LogP contribution in [-0.4, -0.2) is 19.5 Å². The van der Waals surface area contributed by atoms with Gasteiger partial charge in [0.25, 0.3) is 0 Å². The highest BCUT2D eigenvalue weighted by Crippen LogP contribution is 2.31. The minimum Gasteiger partial charge on any atom is -0.303 e. The minimum absolute atomic E-state index is 0.539. The first kappa shape index (κ1) is 13.3. The van der Waals surface area contributed by atoms with Crippen LogP contribution in [0, 0.1) is 0 Å². The van der Waals surface area contributed by atoms with Crippen LogP contribution in [-0.2, 0) is 6.18 Å². The molecule has 0 spiro atoms. The summed E-state index contributed by atoms with van der Waals surface area (Å²) in [5, 5.41) is 0. The number of hydrogen-bond acceptors (Lipinski definition) is 3. The van der Waals surface area contributed by atoms with Crippen molar-refractivity contribution in [3.05, 3.63) is 61.1 Å². The van der Waals surface area contributed by atoms with Gasteiger partial charge in [0.15, 0.2) is 0 Å². The molecule has 0 radical (unpaired) electrons. The molecular formula is C14H9F3N4. The molecule has 21 heavy (non-hydrogen) atoms. The van der Waals surface area contributed by atoms with Gasteiger partial charge in [-0.25, -0.2) is 15.0 Å². The summed E-state index contributed by atoms with van der Waals surface area (Å²) in [4.78, 5) is 12.0. The van der Waals surface area contributed by atoms with Crippen LogP contribution in [0.3, 0.4) is 0 Å². The van der Waals surface area contributed by atoms with E-state index in [0.29, 0.717) is 16.9 Å². The molecule has 0 saturated carbocycles. The third kappa shape index (κ3) is 2.62. The van der Waals surface area contributed by atoms with Gasteiger partial charge in [-0.15, -0.1) is 0 Å². The largest absolute Gasteiger partial charge is 0.416 e. The number of rotatable bonds is 2. The number of hydrogen-bond donors (Lipinski definition) is 0. The summed E-state index contributed by atoms with van der Waals surface area (Å²) in [6, 6.07) is 4.86. The summed E-state index contributed by atoms with van der Waals surface area (Å²) in [7, 11) is 0. The van der Waals surface area contributed by atoms with Crippen LogP contribution in [0.5, 0.6) is 0 Å². The molecule has 1 aromatic carbocycles. The molecule has 0 aliphatic heterocycles. The first-order chi connectivity index (χ1) is 10.1. The van der Waals surface area contributed by atoms with E-state index in [1.54, 1.807) is 29.5 Å². The number of nitrogens with zero attached hydrogens (tertiary/aromatic N) is 4. The summed E-state index contributed by atoms with van der Waals surface area (Å²) >= 11 is 0. The molecule has 2 heterocycles. The zero-order valence-electron chi connectivity index (χ0n) is 10.6. The monoisotopic (exact) mass is 290 g/mol. The number of halogens is 3. The second kappa shape index (κ2) is 5.01. The van der Waals surface area contributed by atoms with E-state index in [1.807, 2.05) is 0 Å². The molecule has 2 aromatic heterocycles. The molecule has 106 valence electrons. The van der Waals surface area contributed by atoms with Gasteiger partial charge in [-0.05, 0) is 12.1 Å². The first-order valence-electron chi connectivity index (χ1n) is 6.01. The van der Waals surface area contributed by atoms with Crippen LogP contribution in [0.4, 0.5) is 13.2 Å². The fourth-order valence-electron chi connectivity index (χ4n) is 1.95. The van der Waals surface area contributed by atoms with E-state index >= 15 is 0 Å². The molecular weight excluding hydrogens is 281 g/mol. The van der Waals surface area contributed by atoms with E-state index in [9.17, 15) is 13.2 Å². The lowest BCUT2D eigenvalue weighted by atomic mass is 10.1. The van der Waals surface area contributed by atoms with Gasteiger partial charge < -0.3 is 4.57 Å². The van der Waals surface area contributed by atoms with E-state index in [0.717, 1.165) is 12.1 Å². The van der Waals surface area contributed by atoms with Crippen molar-refractivity contribution in [1.29, 1.82) is 0 Å². The molecule has 0 aliphatic carbocycles. The Kier molecular flexibility index (Phi) is 3.17. The molecule has 7 heteroatoms. The highest BCUT2D eigenvalue weighted by Gasteiger charge is 2.30. The molecule has 0 N–H and O–H groups in total.